The molecule has 0 N–H and O–H groups in total. The first-order chi connectivity index (χ1) is 10.1. The first-order valence-electron chi connectivity index (χ1n) is 7.54. The lowest BCUT2D eigenvalue weighted by Gasteiger charge is -2.34. The third-order valence-electron chi connectivity index (χ3n) is 4.95. The van der Waals surface area contributed by atoms with Crippen molar-refractivity contribution in [2.24, 2.45) is 4.99 Å². The number of benzene rings is 1. The van der Waals surface area contributed by atoms with E-state index in [4.69, 9.17) is 0 Å². The lowest BCUT2D eigenvalue weighted by atomic mass is 9.89. The van der Waals surface area contributed by atoms with Gasteiger partial charge in [0.1, 0.15) is 5.71 Å². The maximum absolute atomic E-state index is 13.3. The summed E-state index contributed by atoms with van der Waals surface area (Å²) in [6.07, 6.45) is -0.462. The van der Waals surface area contributed by atoms with E-state index in [1.807, 2.05) is 30.3 Å². The van der Waals surface area contributed by atoms with Crippen molar-refractivity contribution in [3.63, 3.8) is 0 Å². The van der Waals surface area contributed by atoms with Crippen molar-refractivity contribution in [1.29, 1.82) is 0 Å². The van der Waals surface area contributed by atoms with Crippen LogP contribution in [-0.4, -0.2) is 34.9 Å². The summed E-state index contributed by atoms with van der Waals surface area (Å²) in [4.78, 5) is 6.17. The summed E-state index contributed by atoms with van der Waals surface area (Å²) in [5.41, 5.74) is 0.421. The number of halogens is 3. The summed E-state index contributed by atoms with van der Waals surface area (Å²) in [5, 5.41) is 0. The maximum Gasteiger partial charge on any atom is 0.430 e. The van der Waals surface area contributed by atoms with Crippen LogP contribution < -0.4 is 0 Å². The minimum absolute atomic E-state index is 0.139. The van der Waals surface area contributed by atoms with Crippen LogP contribution >= 0.6 is 0 Å². The zero-order valence-electron chi connectivity index (χ0n) is 11.6. The van der Waals surface area contributed by atoms with E-state index in [9.17, 15) is 13.2 Å². The topological polar surface area (TPSA) is 15.4 Å². The van der Waals surface area contributed by atoms with Gasteiger partial charge in [-0.15, -0.1) is 0 Å². The molecule has 0 radical (unpaired) electrons. The van der Waals surface area contributed by atoms with E-state index in [1.165, 1.54) is 0 Å². The molecule has 1 saturated heterocycles. The molecule has 1 saturated carbocycles. The second-order valence-electron chi connectivity index (χ2n) is 6.18. The van der Waals surface area contributed by atoms with Gasteiger partial charge in [-0.25, -0.2) is 0 Å². The molecule has 1 aliphatic carbocycles. The lowest BCUT2D eigenvalue weighted by Crippen LogP contribution is -2.45. The first kappa shape index (κ1) is 13.3. The van der Waals surface area contributed by atoms with Crippen LogP contribution in [0, 0.1) is 0 Å². The highest BCUT2D eigenvalue weighted by Gasteiger charge is 2.64. The summed E-state index contributed by atoms with van der Waals surface area (Å²) in [6.45, 7) is 0. The Labute approximate surface area is 121 Å². The summed E-state index contributed by atoms with van der Waals surface area (Å²) in [7, 11) is 0. The highest BCUT2D eigenvalue weighted by atomic mass is 19.4. The van der Waals surface area contributed by atoms with Gasteiger partial charge in [-0.05, 0) is 18.4 Å². The largest absolute Gasteiger partial charge is 0.430 e. The molecule has 5 atom stereocenters. The average Bonchev–Trinajstić information content (AvgIpc) is 3.22. The van der Waals surface area contributed by atoms with Crippen LogP contribution in [0.1, 0.15) is 37.3 Å². The number of alkyl halides is 3. The fourth-order valence-corrected chi connectivity index (χ4v) is 4.04. The SMILES string of the molecule is FC(F)(F)C1=N[C@@H]2CCCC[C@H]2N2[C@@H]1[C@@H]2c1ccccc1. The molecule has 0 bridgehead atoms. The Balaban J connectivity index is 1.72. The Bertz CT molecular complexity index is 567. The van der Waals surface area contributed by atoms with Gasteiger partial charge in [-0.2, -0.15) is 13.2 Å². The molecule has 0 spiro atoms. The smallest absolute Gasteiger partial charge is 0.279 e. The molecule has 1 aromatic carbocycles. The molecule has 5 heteroatoms. The van der Waals surface area contributed by atoms with Gasteiger partial charge in [0.15, 0.2) is 0 Å². The van der Waals surface area contributed by atoms with Gasteiger partial charge in [-0.1, -0.05) is 43.2 Å². The molecule has 21 heavy (non-hydrogen) atoms. The Hall–Kier alpha value is -1.36. The van der Waals surface area contributed by atoms with Gasteiger partial charge < -0.3 is 0 Å². The molecule has 1 unspecified atom stereocenters. The van der Waals surface area contributed by atoms with Gasteiger partial charge in [-0.3, -0.25) is 9.89 Å². The van der Waals surface area contributed by atoms with Crippen LogP contribution in [0.15, 0.2) is 35.3 Å². The zero-order chi connectivity index (χ0) is 14.6. The zero-order valence-corrected chi connectivity index (χ0v) is 11.6. The fourth-order valence-electron chi connectivity index (χ4n) is 4.04. The van der Waals surface area contributed by atoms with E-state index in [-0.39, 0.29) is 18.1 Å². The van der Waals surface area contributed by atoms with Gasteiger partial charge in [0, 0.05) is 6.04 Å². The van der Waals surface area contributed by atoms with Crippen LogP contribution in [0.3, 0.4) is 0 Å². The molecule has 112 valence electrons. The molecule has 2 heterocycles. The molecular formula is C16H17F3N2. The number of rotatable bonds is 1. The van der Waals surface area contributed by atoms with E-state index in [0.717, 1.165) is 31.2 Å². The van der Waals surface area contributed by atoms with E-state index in [2.05, 4.69) is 9.89 Å². The van der Waals surface area contributed by atoms with Gasteiger partial charge >= 0.3 is 6.18 Å². The second-order valence-corrected chi connectivity index (χ2v) is 6.18. The van der Waals surface area contributed by atoms with Crippen molar-refractivity contribution < 1.29 is 13.2 Å². The Morgan fingerprint density at radius 2 is 1.71 bits per heavy atom. The predicted octanol–water partition coefficient (Wildman–Crippen LogP) is 3.74. The van der Waals surface area contributed by atoms with E-state index in [1.54, 1.807) is 0 Å². The van der Waals surface area contributed by atoms with Crippen LogP contribution in [-0.2, 0) is 0 Å². The minimum Gasteiger partial charge on any atom is -0.279 e. The van der Waals surface area contributed by atoms with E-state index >= 15 is 0 Å². The lowest BCUT2D eigenvalue weighted by molar-refractivity contribution is -0.0624. The molecule has 1 aromatic rings. The minimum atomic E-state index is -4.31. The summed E-state index contributed by atoms with van der Waals surface area (Å²) < 4.78 is 39.9. The van der Waals surface area contributed by atoms with Crippen molar-refractivity contribution in [2.45, 2.75) is 56.0 Å². The molecule has 2 aliphatic heterocycles. The van der Waals surface area contributed by atoms with Crippen molar-refractivity contribution in [3.05, 3.63) is 35.9 Å². The quantitative estimate of drug-likeness (QED) is 0.720. The average molecular weight is 294 g/mol. The van der Waals surface area contributed by atoms with Crippen LogP contribution in [0.4, 0.5) is 13.2 Å². The predicted molar refractivity (Wildman–Crippen MR) is 74.3 cm³/mol. The fraction of sp³-hybridized carbons (Fsp3) is 0.562. The monoisotopic (exact) mass is 294 g/mol. The number of fused-ring (bicyclic) bond motifs is 3. The Morgan fingerprint density at radius 3 is 2.43 bits per heavy atom. The number of hydrogen-bond donors (Lipinski definition) is 0. The summed E-state index contributed by atoms with van der Waals surface area (Å²) >= 11 is 0. The number of nitrogens with zero attached hydrogens (tertiary/aromatic N) is 2. The molecule has 4 rings (SSSR count). The van der Waals surface area contributed by atoms with Gasteiger partial charge in [0.25, 0.3) is 0 Å². The highest BCUT2D eigenvalue weighted by molar-refractivity contribution is 5.98. The molecule has 0 aromatic heterocycles. The molecule has 0 amide bonds. The third kappa shape index (κ3) is 2.09. The number of aliphatic imine (C=N–C) groups is 1. The Kier molecular flexibility index (Phi) is 2.89. The van der Waals surface area contributed by atoms with Gasteiger partial charge in [0.05, 0.1) is 18.1 Å². The van der Waals surface area contributed by atoms with Crippen molar-refractivity contribution in [3.8, 4) is 0 Å². The van der Waals surface area contributed by atoms with Crippen LogP contribution in [0.5, 0.6) is 0 Å². The molecule has 2 nitrogen and oxygen atoms in total. The maximum atomic E-state index is 13.3. The second kappa shape index (κ2) is 4.57. The summed E-state index contributed by atoms with van der Waals surface area (Å²) in [5.74, 6) is 0. The molecular weight excluding hydrogens is 277 g/mol. The van der Waals surface area contributed by atoms with E-state index in [0.29, 0.717) is 0 Å². The standard InChI is InChI=1S/C16H17F3N2/c17-16(18,19)15-14-13(10-6-2-1-3-7-10)21(14)12-9-5-4-8-11(12)20-15/h1-3,6-7,11-14H,4-5,8-9H2/t11-,12-,13+,14-,21?/m1/s1. The Morgan fingerprint density at radius 1 is 1.00 bits per heavy atom. The van der Waals surface area contributed by atoms with Crippen LogP contribution in [0.2, 0.25) is 0 Å². The summed E-state index contributed by atoms with van der Waals surface area (Å²) in [6, 6.07) is 8.86. The van der Waals surface area contributed by atoms with Crippen molar-refractivity contribution in [1.82, 2.24) is 4.90 Å². The molecule has 2 fully saturated rings. The van der Waals surface area contributed by atoms with Crippen molar-refractivity contribution in [2.75, 3.05) is 0 Å². The number of hydrogen-bond acceptors (Lipinski definition) is 2. The molecule has 3 aliphatic rings. The highest BCUT2D eigenvalue weighted by Crippen LogP contribution is 2.53. The first-order valence-corrected chi connectivity index (χ1v) is 7.54. The van der Waals surface area contributed by atoms with Gasteiger partial charge in [0.2, 0.25) is 0 Å². The van der Waals surface area contributed by atoms with Crippen molar-refractivity contribution >= 4 is 5.71 Å². The van der Waals surface area contributed by atoms with E-state index < -0.39 is 17.9 Å². The normalized spacial score (nSPS) is 38.2. The van der Waals surface area contributed by atoms with Crippen LogP contribution in [0.25, 0.3) is 0 Å². The third-order valence-corrected chi connectivity index (χ3v) is 4.95.